The van der Waals surface area contributed by atoms with Gasteiger partial charge in [0.15, 0.2) is 0 Å². The maximum absolute atomic E-state index is 12.7. The lowest BCUT2D eigenvalue weighted by atomic mass is 10.1. The Morgan fingerprint density at radius 2 is 1.77 bits per heavy atom. The molecule has 26 heavy (non-hydrogen) atoms. The van der Waals surface area contributed by atoms with Crippen molar-refractivity contribution in [3.05, 3.63) is 52.5 Å². The monoisotopic (exact) mass is 415 g/mol. The van der Waals surface area contributed by atoms with E-state index in [4.69, 9.17) is 17.3 Å². The number of piperidine rings is 1. The highest BCUT2D eigenvalue weighted by Crippen LogP contribution is 2.31. The zero-order valence-corrected chi connectivity index (χ0v) is 17.0. The Morgan fingerprint density at radius 3 is 2.46 bits per heavy atom. The SMILES string of the molecule is Cc1ccc(N)cc1C(=O)Nc1cc(Cl)ccc1N1CCCCC1.Cl.Cl. The zero-order valence-electron chi connectivity index (χ0n) is 14.6. The third kappa shape index (κ3) is 5.19. The average Bonchev–Trinajstić information content (AvgIpc) is 2.58. The van der Waals surface area contributed by atoms with Gasteiger partial charge in [-0.05, 0) is 62.1 Å². The molecule has 0 atom stereocenters. The van der Waals surface area contributed by atoms with Crippen LogP contribution in [-0.2, 0) is 0 Å². The summed E-state index contributed by atoms with van der Waals surface area (Å²) in [4.78, 5) is 15.0. The molecular formula is C19H24Cl3N3O. The molecule has 0 aromatic heterocycles. The third-order valence-corrected chi connectivity index (χ3v) is 4.64. The van der Waals surface area contributed by atoms with Crippen molar-refractivity contribution in [3.8, 4) is 0 Å². The maximum atomic E-state index is 12.7. The number of rotatable bonds is 3. The van der Waals surface area contributed by atoms with Gasteiger partial charge >= 0.3 is 0 Å². The van der Waals surface area contributed by atoms with E-state index in [9.17, 15) is 4.79 Å². The number of nitrogens with one attached hydrogen (secondary N) is 1. The highest BCUT2D eigenvalue weighted by Gasteiger charge is 2.17. The molecule has 1 fully saturated rings. The van der Waals surface area contributed by atoms with Gasteiger partial charge in [-0.3, -0.25) is 4.79 Å². The van der Waals surface area contributed by atoms with Gasteiger partial charge in [0.1, 0.15) is 0 Å². The fourth-order valence-electron chi connectivity index (χ4n) is 3.09. The second-order valence-electron chi connectivity index (χ2n) is 6.24. The molecule has 2 aromatic rings. The van der Waals surface area contributed by atoms with Crippen LogP contribution >= 0.6 is 36.4 Å². The first-order valence-corrected chi connectivity index (χ1v) is 8.64. The Balaban J connectivity index is 0.00000169. The summed E-state index contributed by atoms with van der Waals surface area (Å²) in [6.45, 7) is 3.90. The van der Waals surface area contributed by atoms with Crippen molar-refractivity contribution in [1.82, 2.24) is 0 Å². The lowest BCUT2D eigenvalue weighted by Gasteiger charge is -2.30. The number of amides is 1. The number of nitrogens with two attached hydrogens (primary N) is 1. The van der Waals surface area contributed by atoms with Crippen LogP contribution in [0.1, 0.15) is 35.2 Å². The molecule has 1 aliphatic heterocycles. The van der Waals surface area contributed by atoms with Gasteiger partial charge < -0.3 is 16.0 Å². The molecule has 1 saturated heterocycles. The maximum Gasteiger partial charge on any atom is 0.256 e. The number of benzene rings is 2. The van der Waals surface area contributed by atoms with Crippen LogP contribution in [0.5, 0.6) is 0 Å². The Morgan fingerprint density at radius 1 is 1.08 bits per heavy atom. The van der Waals surface area contributed by atoms with E-state index in [0.29, 0.717) is 16.3 Å². The first-order chi connectivity index (χ1) is 11.5. The number of halogens is 3. The van der Waals surface area contributed by atoms with Crippen LogP contribution in [0.2, 0.25) is 5.02 Å². The second-order valence-corrected chi connectivity index (χ2v) is 6.67. The van der Waals surface area contributed by atoms with E-state index in [0.717, 1.165) is 30.0 Å². The van der Waals surface area contributed by atoms with E-state index in [1.54, 1.807) is 12.1 Å². The normalized spacial score (nSPS) is 13.4. The number of hydrogen-bond acceptors (Lipinski definition) is 3. The van der Waals surface area contributed by atoms with E-state index in [1.807, 2.05) is 31.2 Å². The molecule has 0 unspecified atom stereocenters. The molecule has 0 saturated carbocycles. The highest BCUT2D eigenvalue weighted by molar-refractivity contribution is 6.31. The molecule has 2 aromatic carbocycles. The molecule has 0 aliphatic carbocycles. The fourth-order valence-corrected chi connectivity index (χ4v) is 3.26. The Bertz CT molecular complexity index is 762. The third-order valence-electron chi connectivity index (χ3n) is 4.41. The van der Waals surface area contributed by atoms with Crippen molar-refractivity contribution in [2.75, 3.05) is 29.0 Å². The predicted molar refractivity (Wildman–Crippen MR) is 116 cm³/mol. The van der Waals surface area contributed by atoms with Crippen LogP contribution in [0.3, 0.4) is 0 Å². The summed E-state index contributed by atoms with van der Waals surface area (Å²) in [5, 5.41) is 3.62. The molecule has 3 rings (SSSR count). The van der Waals surface area contributed by atoms with Gasteiger partial charge in [-0.1, -0.05) is 17.7 Å². The number of anilines is 3. The summed E-state index contributed by atoms with van der Waals surface area (Å²) in [5.74, 6) is -0.166. The molecule has 142 valence electrons. The largest absolute Gasteiger partial charge is 0.399 e. The Kier molecular flexibility index (Phi) is 8.54. The van der Waals surface area contributed by atoms with Gasteiger partial charge in [-0.2, -0.15) is 0 Å². The standard InChI is InChI=1S/C19H22ClN3O.2ClH/c1-13-5-7-15(21)12-16(13)19(24)22-17-11-14(20)6-8-18(17)23-9-3-2-4-10-23;;/h5-8,11-12H,2-4,9-10,21H2,1H3,(H,22,24);2*1H. The molecule has 1 amide bonds. The molecule has 1 heterocycles. The Hall–Kier alpha value is -1.62. The van der Waals surface area contributed by atoms with Crippen LogP contribution < -0.4 is 16.0 Å². The summed E-state index contributed by atoms with van der Waals surface area (Å²) >= 11 is 6.15. The van der Waals surface area contributed by atoms with Crippen molar-refractivity contribution in [2.24, 2.45) is 0 Å². The summed E-state index contributed by atoms with van der Waals surface area (Å²) in [6.07, 6.45) is 3.60. The summed E-state index contributed by atoms with van der Waals surface area (Å²) in [7, 11) is 0. The van der Waals surface area contributed by atoms with Gasteiger partial charge in [0.25, 0.3) is 5.91 Å². The molecule has 4 nitrogen and oxygen atoms in total. The van der Waals surface area contributed by atoms with Crippen LogP contribution in [-0.4, -0.2) is 19.0 Å². The van der Waals surface area contributed by atoms with Crippen molar-refractivity contribution in [1.29, 1.82) is 0 Å². The van der Waals surface area contributed by atoms with E-state index in [2.05, 4.69) is 10.2 Å². The fraction of sp³-hybridized carbons (Fsp3) is 0.316. The van der Waals surface area contributed by atoms with Crippen LogP contribution in [0.15, 0.2) is 36.4 Å². The molecule has 7 heteroatoms. The minimum atomic E-state index is -0.166. The number of carbonyl (C=O) groups is 1. The summed E-state index contributed by atoms with van der Waals surface area (Å²) < 4.78 is 0. The number of nitrogens with zero attached hydrogens (tertiary/aromatic N) is 1. The van der Waals surface area contributed by atoms with Crippen LogP contribution in [0.4, 0.5) is 17.1 Å². The molecule has 0 radical (unpaired) electrons. The smallest absolute Gasteiger partial charge is 0.256 e. The average molecular weight is 417 g/mol. The topological polar surface area (TPSA) is 58.4 Å². The zero-order chi connectivity index (χ0) is 17.1. The molecule has 1 aliphatic rings. The molecule has 3 N–H and O–H groups in total. The van der Waals surface area contributed by atoms with Gasteiger partial charge in [0, 0.05) is 29.4 Å². The van der Waals surface area contributed by atoms with Crippen molar-refractivity contribution < 1.29 is 4.79 Å². The number of aryl methyl sites for hydroxylation is 1. The molecule has 0 spiro atoms. The van der Waals surface area contributed by atoms with E-state index >= 15 is 0 Å². The van der Waals surface area contributed by atoms with Gasteiger partial charge in [-0.25, -0.2) is 0 Å². The van der Waals surface area contributed by atoms with Crippen LogP contribution in [0.25, 0.3) is 0 Å². The van der Waals surface area contributed by atoms with E-state index < -0.39 is 0 Å². The number of nitrogen functional groups attached to an aromatic ring is 1. The summed E-state index contributed by atoms with van der Waals surface area (Å²) in [6, 6.07) is 11.0. The van der Waals surface area contributed by atoms with Gasteiger partial charge in [-0.15, -0.1) is 24.8 Å². The number of carbonyl (C=O) groups excluding carboxylic acids is 1. The van der Waals surface area contributed by atoms with E-state index in [1.165, 1.54) is 19.3 Å². The minimum absolute atomic E-state index is 0. The second kappa shape index (κ2) is 9.91. The predicted octanol–water partition coefficient (Wildman–Crippen LogP) is 5.32. The first-order valence-electron chi connectivity index (χ1n) is 8.26. The summed E-state index contributed by atoms with van der Waals surface area (Å²) in [5.41, 5.74) is 9.64. The minimum Gasteiger partial charge on any atom is -0.399 e. The quantitative estimate of drug-likeness (QED) is 0.666. The Labute approximate surface area is 171 Å². The van der Waals surface area contributed by atoms with Gasteiger partial charge in [0.05, 0.1) is 11.4 Å². The van der Waals surface area contributed by atoms with Crippen molar-refractivity contribution in [3.63, 3.8) is 0 Å². The molecular weight excluding hydrogens is 393 g/mol. The van der Waals surface area contributed by atoms with Gasteiger partial charge in [0.2, 0.25) is 0 Å². The van der Waals surface area contributed by atoms with Crippen molar-refractivity contribution >= 4 is 59.4 Å². The highest BCUT2D eigenvalue weighted by atomic mass is 35.5. The van der Waals surface area contributed by atoms with E-state index in [-0.39, 0.29) is 30.7 Å². The van der Waals surface area contributed by atoms with Crippen LogP contribution in [0, 0.1) is 6.92 Å². The number of hydrogen-bond donors (Lipinski definition) is 2. The lowest BCUT2D eigenvalue weighted by molar-refractivity contribution is 0.102. The first kappa shape index (κ1) is 22.4. The molecule has 0 bridgehead atoms. The lowest BCUT2D eigenvalue weighted by Crippen LogP contribution is -2.30. The van der Waals surface area contributed by atoms with Crippen molar-refractivity contribution in [2.45, 2.75) is 26.2 Å².